The van der Waals surface area contributed by atoms with E-state index in [1.54, 1.807) is 19.1 Å². The fourth-order valence-corrected chi connectivity index (χ4v) is 3.26. The molecule has 158 valence electrons. The average molecular weight is 409 g/mol. The Morgan fingerprint density at radius 1 is 1.13 bits per heavy atom. The fraction of sp³-hybridized carbons (Fsp3) is 0.348. The minimum absolute atomic E-state index is 0.0733. The quantitative estimate of drug-likeness (QED) is 0.564. The highest BCUT2D eigenvalue weighted by molar-refractivity contribution is 5.95. The Bertz CT molecular complexity index is 1060. The van der Waals surface area contributed by atoms with Gasteiger partial charge in [-0.3, -0.25) is 4.79 Å². The second-order valence-corrected chi connectivity index (χ2v) is 7.56. The standard InChI is InChI=1S/C23H28N4O3/c1-16-18(25-20(28)10-7-15-27(2)3)11-12-19-21(16)22(29)30-23(26-19)24-14-13-17-8-5-4-6-9-17/h4-6,8-9,11-12H,7,10,13-15H2,1-3H3,(H,24,26)(H,25,28). The van der Waals surface area contributed by atoms with E-state index in [0.29, 0.717) is 35.1 Å². The zero-order chi connectivity index (χ0) is 21.5. The van der Waals surface area contributed by atoms with Gasteiger partial charge in [-0.15, -0.1) is 0 Å². The lowest BCUT2D eigenvalue weighted by molar-refractivity contribution is -0.116. The molecule has 0 atom stereocenters. The molecule has 0 saturated heterocycles. The van der Waals surface area contributed by atoms with Crippen molar-refractivity contribution in [2.45, 2.75) is 26.2 Å². The van der Waals surface area contributed by atoms with Crippen LogP contribution in [0.15, 0.2) is 51.7 Å². The van der Waals surface area contributed by atoms with Crippen molar-refractivity contribution < 1.29 is 9.21 Å². The summed E-state index contributed by atoms with van der Waals surface area (Å²) in [5.74, 6) is -0.0733. The van der Waals surface area contributed by atoms with Gasteiger partial charge in [0.15, 0.2) is 0 Å². The summed E-state index contributed by atoms with van der Waals surface area (Å²) in [6, 6.07) is 13.8. The van der Waals surface area contributed by atoms with Crippen molar-refractivity contribution in [1.29, 1.82) is 0 Å². The van der Waals surface area contributed by atoms with Crippen molar-refractivity contribution in [3.63, 3.8) is 0 Å². The molecule has 0 fully saturated rings. The van der Waals surface area contributed by atoms with Crippen LogP contribution >= 0.6 is 0 Å². The third-order valence-corrected chi connectivity index (χ3v) is 4.87. The molecule has 1 aromatic heterocycles. The van der Waals surface area contributed by atoms with Crippen LogP contribution in [0.5, 0.6) is 0 Å². The number of anilines is 2. The predicted molar refractivity (Wildman–Crippen MR) is 120 cm³/mol. The molecule has 2 N–H and O–H groups in total. The summed E-state index contributed by atoms with van der Waals surface area (Å²) < 4.78 is 5.36. The maximum Gasteiger partial charge on any atom is 0.348 e. The van der Waals surface area contributed by atoms with Gasteiger partial charge in [0.1, 0.15) is 0 Å². The molecule has 0 aliphatic rings. The molecule has 3 aromatic rings. The van der Waals surface area contributed by atoms with Gasteiger partial charge < -0.3 is 20.0 Å². The largest absolute Gasteiger partial charge is 0.389 e. The van der Waals surface area contributed by atoms with Crippen LogP contribution in [0.4, 0.5) is 11.7 Å². The van der Waals surface area contributed by atoms with E-state index in [1.807, 2.05) is 49.3 Å². The van der Waals surface area contributed by atoms with Gasteiger partial charge in [0.25, 0.3) is 6.01 Å². The van der Waals surface area contributed by atoms with Crippen LogP contribution < -0.4 is 16.3 Å². The van der Waals surface area contributed by atoms with E-state index in [1.165, 1.54) is 5.56 Å². The summed E-state index contributed by atoms with van der Waals surface area (Å²) in [5, 5.41) is 6.35. The molecule has 2 aromatic carbocycles. The average Bonchev–Trinajstić information content (AvgIpc) is 2.70. The Morgan fingerprint density at radius 3 is 2.63 bits per heavy atom. The maximum absolute atomic E-state index is 12.6. The molecule has 0 radical (unpaired) electrons. The van der Waals surface area contributed by atoms with Crippen LogP contribution in [0.3, 0.4) is 0 Å². The van der Waals surface area contributed by atoms with Gasteiger partial charge in [-0.25, -0.2) is 4.79 Å². The Morgan fingerprint density at radius 2 is 1.90 bits per heavy atom. The van der Waals surface area contributed by atoms with Crippen LogP contribution in [0.2, 0.25) is 0 Å². The monoisotopic (exact) mass is 408 g/mol. The molecule has 0 saturated carbocycles. The number of amides is 1. The summed E-state index contributed by atoms with van der Waals surface area (Å²) in [5.41, 5.74) is 2.52. The first-order valence-corrected chi connectivity index (χ1v) is 10.1. The Balaban J connectivity index is 1.69. The molecule has 0 bridgehead atoms. The smallest absolute Gasteiger partial charge is 0.348 e. The Hall–Kier alpha value is -3.19. The van der Waals surface area contributed by atoms with Crippen molar-refractivity contribution in [2.24, 2.45) is 0 Å². The Labute approximate surface area is 176 Å². The highest BCUT2D eigenvalue weighted by Crippen LogP contribution is 2.23. The van der Waals surface area contributed by atoms with Crippen molar-refractivity contribution in [3.05, 3.63) is 64.0 Å². The van der Waals surface area contributed by atoms with Crippen molar-refractivity contribution in [1.82, 2.24) is 9.88 Å². The van der Waals surface area contributed by atoms with Crippen LogP contribution in [0.1, 0.15) is 24.0 Å². The second kappa shape index (κ2) is 10.0. The van der Waals surface area contributed by atoms with E-state index in [0.717, 1.165) is 19.4 Å². The van der Waals surface area contributed by atoms with Crippen molar-refractivity contribution in [3.8, 4) is 0 Å². The number of carbonyl (C=O) groups is 1. The van der Waals surface area contributed by atoms with Gasteiger partial charge in [0.2, 0.25) is 5.91 Å². The number of hydrogen-bond acceptors (Lipinski definition) is 6. The van der Waals surface area contributed by atoms with Gasteiger partial charge in [-0.2, -0.15) is 4.98 Å². The van der Waals surface area contributed by atoms with Crippen molar-refractivity contribution >= 4 is 28.5 Å². The third kappa shape index (κ3) is 5.67. The maximum atomic E-state index is 12.6. The molecule has 0 unspecified atom stereocenters. The summed E-state index contributed by atoms with van der Waals surface area (Å²) >= 11 is 0. The molecule has 1 amide bonds. The third-order valence-electron chi connectivity index (χ3n) is 4.87. The molecular weight excluding hydrogens is 380 g/mol. The minimum atomic E-state index is -0.469. The van der Waals surface area contributed by atoms with Crippen LogP contribution in [0, 0.1) is 6.92 Å². The lowest BCUT2D eigenvalue weighted by Gasteiger charge is -2.12. The molecule has 0 aliphatic heterocycles. The fourth-order valence-electron chi connectivity index (χ4n) is 3.26. The molecule has 7 nitrogen and oxygen atoms in total. The van der Waals surface area contributed by atoms with E-state index >= 15 is 0 Å². The molecule has 3 rings (SSSR count). The number of rotatable bonds is 9. The first-order chi connectivity index (χ1) is 14.4. The van der Waals surface area contributed by atoms with Crippen LogP contribution in [-0.4, -0.2) is 43.0 Å². The topological polar surface area (TPSA) is 87.5 Å². The first kappa shape index (κ1) is 21.5. The summed E-state index contributed by atoms with van der Waals surface area (Å²) in [6.45, 7) is 3.24. The number of fused-ring (bicyclic) bond motifs is 1. The number of aryl methyl sites for hydroxylation is 1. The Kier molecular flexibility index (Phi) is 7.19. The molecule has 7 heteroatoms. The van der Waals surface area contributed by atoms with Gasteiger partial charge in [0.05, 0.1) is 10.9 Å². The summed E-state index contributed by atoms with van der Waals surface area (Å²) in [4.78, 5) is 31.2. The van der Waals surface area contributed by atoms with E-state index in [9.17, 15) is 9.59 Å². The highest BCUT2D eigenvalue weighted by Gasteiger charge is 2.13. The van der Waals surface area contributed by atoms with E-state index in [4.69, 9.17) is 4.42 Å². The minimum Gasteiger partial charge on any atom is -0.389 e. The number of hydrogen-bond donors (Lipinski definition) is 2. The normalized spacial score (nSPS) is 11.1. The number of benzene rings is 2. The summed E-state index contributed by atoms with van der Waals surface area (Å²) in [7, 11) is 3.95. The number of carbonyl (C=O) groups excluding carboxylic acids is 1. The SMILES string of the molecule is Cc1c(NC(=O)CCCN(C)C)ccc2nc(NCCc3ccccc3)oc(=O)c12. The first-order valence-electron chi connectivity index (χ1n) is 10.1. The molecule has 30 heavy (non-hydrogen) atoms. The van der Waals surface area contributed by atoms with Crippen LogP contribution in [-0.2, 0) is 11.2 Å². The van der Waals surface area contributed by atoms with E-state index < -0.39 is 5.63 Å². The van der Waals surface area contributed by atoms with Crippen LogP contribution in [0.25, 0.3) is 10.9 Å². The number of nitrogens with zero attached hydrogens (tertiary/aromatic N) is 2. The lowest BCUT2D eigenvalue weighted by atomic mass is 10.1. The lowest BCUT2D eigenvalue weighted by Crippen LogP contribution is -2.18. The zero-order valence-electron chi connectivity index (χ0n) is 17.7. The number of nitrogens with one attached hydrogen (secondary N) is 2. The van der Waals surface area contributed by atoms with E-state index in [-0.39, 0.29) is 11.9 Å². The summed E-state index contributed by atoms with van der Waals surface area (Å²) in [6.07, 6.45) is 1.99. The predicted octanol–water partition coefficient (Wildman–Crippen LogP) is 3.43. The van der Waals surface area contributed by atoms with Crippen molar-refractivity contribution in [2.75, 3.05) is 37.8 Å². The van der Waals surface area contributed by atoms with Gasteiger partial charge in [-0.1, -0.05) is 30.3 Å². The van der Waals surface area contributed by atoms with E-state index in [2.05, 4.69) is 15.6 Å². The van der Waals surface area contributed by atoms with Gasteiger partial charge >= 0.3 is 5.63 Å². The molecule has 0 spiro atoms. The van der Waals surface area contributed by atoms with Gasteiger partial charge in [0, 0.05) is 18.7 Å². The van der Waals surface area contributed by atoms with Gasteiger partial charge in [-0.05, 0) is 63.7 Å². The molecular formula is C23H28N4O3. The zero-order valence-corrected chi connectivity index (χ0v) is 17.7. The molecule has 1 heterocycles. The number of aromatic nitrogens is 1. The molecule has 0 aliphatic carbocycles. The highest BCUT2D eigenvalue weighted by atomic mass is 16.4. The second-order valence-electron chi connectivity index (χ2n) is 7.56.